The zero-order valence-corrected chi connectivity index (χ0v) is 12.9. The van der Waals surface area contributed by atoms with Crippen LogP contribution in [0.25, 0.3) is 0 Å². The lowest BCUT2D eigenvalue weighted by atomic mass is 10.1. The van der Waals surface area contributed by atoms with Crippen molar-refractivity contribution in [3.8, 4) is 5.75 Å². The number of nitrogens with two attached hydrogens (primary N) is 1. The van der Waals surface area contributed by atoms with Gasteiger partial charge < -0.3 is 15.8 Å². The molecular formula is C18H24N2O. The Kier molecular flexibility index (Phi) is 5.50. The molecule has 21 heavy (non-hydrogen) atoms. The highest BCUT2D eigenvalue weighted by Crippen LogP contribution is 2.22. The maximum absolute atomic E-state index is 5.91. The number of hydrogen-bond acceptors (Lipinski definition) is 3. The first kappa shape index (κ1) is 15.2. The normalized spacial score (nSPS) is 10.4. The molecule has 0 saturated heterocycles. The Morgan fingerprint density at radius 3 is 2.38 bits per heavy atom. The molecule has 2 aromatic carbocycles. The molecule has 0 spiro atoms. The van der Waals surface area contributed by atoms with Gasteiger partial charge in [-0.1, -0.05) is 25.1 Å². The van der Waals surface area contributed by atoms with Crippen LogP contribution >= 0.6 is 0 Å². The Morgan fingerprint density at radius 1 is 1.05 bits per heavy atom. The fraction of sp³-hybridized carbons (Fsp3) is 0.333. The second-order valence-electron chi connectivity index (χ2n) is 5.16. The van der Waals surface area contributed by atoms with Crippen molar-refractivity contribution in [3.05, 3.63) is 53.6 Å². The van der Waals surface area contributed by atoms with Crippen molar-refractivity contribution in [3.63, 3.8) is 0 Å². The van der Waals surface area contributed by atoms with E-state index >= 15 is 0 Å². The lowest BCUT2D eigenvalue weighted by molar-refractivity contribution is 0.417. The van der Waals surface area contributed by atoms with E-state index < -0.39 is 0 Å². The molecule has 0 aliphatic rings. The topological polar surface area (TPSA) is 47.3 Å². The van der Waals surface area contributed by atoms with Crippen molar-refractivity contribution in [1.82, 2.24) is 0 Å². The third-order valence-corrected chi connectivity index (χ3v) is 3.63. The van der Waals surface area contributed by atoms with E-state index in [1.54, 1.807) is 7.11 Å². The molecular weight excluding hydrogens is 260 g/mol. The van der Waals surface area contributed by atoms with Crippen molar-refractivity contribution in [1.29, 1.82) is 0 Å². The summed E-state index contributed by atoms with van der Waals surface area (Å²) in [7, 11) is 1.64. The third-order valence-electron chi connectivity index (χ3n) is 3.63. The minimum absolute atomic E-state index is 0.707. The number of aryl methyl sites for hydroxylation is 2. The lowest BCUT2D eigenvalue weighted by Gasteiger charge is -2.09. The van der Waals surface area contributed by atoms with Crippen molar-refractivity contribution in [2.75, 3.05) is 24.7 Å². The summed E-state index contributed by atoms with van der Waals surface area (Å²) in [6, 6.07) is 14.6. The minimum atomic E-state index is 0.707. The third kappa shape index (κ3) is 4.42. The van der Waals surface area contributed by atoms with Gasteiger partial charge >= 0.3 is 0 Å². The van der Waals surface area contributed by atoms with Gasteiger partial charge in [0.25, 0.3) is 0 Å². The molecule has 112 valence electrons. The molecule has 2 aromatic rings. The first-order valence-electron chi connectivity index (χ1n) is 7.48. The highest BCUT2D eigenvalue weighted by Gasteiger charge is 2.00. The zero-order chi connectivity index (χ0) is 15.1. The second kappa shape index (κ2) is 7.58. The molecule has 0 heterocycles. The number of hydrogen-bond donors (Lipinski definition) is 2. The number of rotatable bonds is 7. The Hall–Kier alpha value is -2.16. The lowest BCUT2D eigenvalue weighted by Crippen LogP contribution is -2.03. The van der Waals surface area contributed by atoms with Gasteiger partial charge in [0.05, 0.1) is 12.8 Å². The molecule has 0 aliphatic carbocycles. The molecule has 0 radical (unpaired) electrons. The summed E-state index contributed by atoms with van der Waals surface area (Å²) in [5, 5.41) is 3.45. The summed E-state index contributed by atoms with van der Waals surface area (Å²) in [5.41, 5.74) is 10.4. The van der Waals surface area contributed by atoms with Gasteiger partial charge in [0.1, 0.15) is 5.75 Å². The van der Waals surface area contributed by atoms with E-state index in [0.29, 0.717) is 5.69 Å². The molecule has 0 atom stereocenters. The summed E-state index contributed by atoms with van der Waals surface area (Å²) >= 11 is 0. The fourth-order valence-corrected chi connectivity index (χ4v) is 2.32. The fourth-order valence-electron chi connectivity index (χ4n) is 2.32. The highest BCUT2D eigenvalue weighted by atomic mass is 16.5. The number of benzene rings is 2. The van der Waals surface area contributed by atoms with Crippen LogP contribution in [0.2, 0.25) is 0 Å². The number of nitrogens with one attached hydrogen (secondary N) is 1. The molecule has 2 rings (SSSR count). The predicted octanol–water partition coefficient (Wildman–Crippen LogP) is 3.88. The van der Waals surface area contributed by atoms with Crippen molar-refractivity contribution in [2.45, 2.75) is 26.2 Å². The van der Waals surface area contributed by atoms with Gasteiger partial charge in [-0.2, -0.15) is 0 Å². The van der Waals surface area contributed by atoms with Crippen molar-refractivity contribution < 1.29 is 4.74 Å². The maximum Gasteiger partial charge on any atom is 0.141 e. The first-order chi connectivity index (χ1) is 10.2. The molecule has 3 nitrogen and oxygen atoms in total. The van der Waals surface area contributed by atoms with Gasteiger partial charge in [-0.15, -0.1) is 0 Å². The van der Waals surface area contributed by atoms with Gasteiger partial charge in [0, 0.05) is 12.2 Å². The van der Waals surface area contributed by atoms with E-state index in [4.69, 9.17) is 10.5 Å². The molecule has 0 amide bonds. The molecule has 0 saturated carbocycles. The smallest absolute Gasteiger partial charge is 0.141 e. The molecule has 0 unspecified atom stereocenters. The van der Waals surface area contributed by atoms with Crippen LogP contribution in [0.3, 0.4) is 0 Å². The predicted molar refractivity (Wildman–Crippen MR) is 90.0 cm³/mol. The maximum atomic E-state index is 5.91. The van der Waals surface area contributed by atoms with Crippen LogP contribution in [0.4, 0.5) is 11.4 Å². The summed E-state index contributed by atoms with van der Waals surface area (Å²) in [4.78, 5) is 0. The Balaban J connectivity index is 1.77. The summed E-state index contributed by atoms with van der Waals surface area (Å²) in [5.74, 6) is 0.743. The second-order valence-corrected chi connectivity index (χ2v) is 5.16. The van der Waals surface area contributed by atoms with Gasteiger partial charge in [0.2, 0.25) is 0 Å². The SMILES string of the molecule is CCc1ccc(NCCCc2ccc(OC)c(N)c2)cc1. The molecule has 0 aliphatic heterocycles. The van der Waals surface area contributed by atoms with E-state index in [1.165, 1.54) is 16.8 Å². The molecule has 0 fully saturated rings. The number of nitrogen functional groups attached to an aromatic ring is 1. The Bertz CT molecular complexity index is 564. The largest absolute Gasteiger partial charge is 0.495 e. The molecule has 3 heteroatoms. The molecule has 0 aromatic heterocycles. The molecule has 0 bridgehead atoms. The number of ether oxygens (including phenoxy) is 1. The van der Waals surface area contributed by atoms with E-state index in [-0.39, 0.29) is 0 Å². The monoisotopic (exact) mass is 284 g/mol. The van der Waals surface area contributed by atoms with Crippen molar-refractivity contribution in [2.24, 2.45) is 0 Å². The summed E-state index contributed by atoms with van der Waals surface area (Å²) in [6.07, 6.45) is 3.16. The van der Waals surface area contributed by atoms with Gasteiger partial charge in [-0.3, -0.25) is 0 Å². The number of methoxy groups -OCH3 is 1. The first-order valence-corrected chi connectivity index (χ1v) is 7.48. The van der Waals surface area contributed by atoms with E-state index in [9.17, 15) is 0 Å². The van der Waals surface area contributed by atoms with Gasteiger partial charge in [-0.05, 0) is 54.7 Å². The highest BCUT2D eigenvalue weighted by molar-refractivity contribution is 5.54. The van der Waals surface area contributed by atoms with Crippen LogP contribution in [0, 0.1) is 0 Å². The number of anilines is 2. The van der Waals surface area contributed by atoms with Gasteiger partial charge in [0.15, 0.2) is 0 Å². The van der Waals surface area contributed by atoms with Crippen LogP contribution in [-0.2, 0) is 12.8 Å². The Labute approximate surface area is 127 Å². The standard InChI is InChI=1S/C18H24N2O/c1-3-14-6-9-16(10-7-14)20-12-4-5-15-8-11-18(21-2)17(19)13-15/h6-11,13,20H,3-5,12,19H2,1-2H3. The average Bonchev–Trinajstić information content (AvgIpc) is 2.52. The van der Waals surface area contributed by atoms with E-state index in [2.05, 4.69) is 42.6 Å². The summed E-state index contributed by atoms with van der Waals surface area (Å²) < 4.78 is 5.16. The average molecular weight is 284 g/mol. The van der Waals surface area contributed by atoms with Crippen LogP contribution < -0.4 is 15.8 Å². The summed E-state index contributed by atoms with van der Waals surface area (Å²) in [6.45, 7) is 3.13. The van der Waals surface area contributed by atoms with E-state index in [1.807, 2.05) is 12.1 Å². The minimum Gasteiger partial charge on any atom is -0.495 e. The van der Waals surface area contributed by atoms with E-state index in [0.717, 1.165) is 31.6 Å². The van der Waals surface area contributed by atoms with Crippen LogP contribution in [0.1, 0.15) is 24.5 Å². The van der Waals surface area contributed by atoms with Crippen molar-refractivity contribution >= 4 is 11.4 Å². The molecule has 3 N–H and O–H groups in total. The zero-order valence-electron chi connectivity index (χ0n) is 12.9. The quantitative estimate of drug-likeness (QED) is 0.599. The van der Waals surface area contributed by atoms with Crippen LogP contribution in [0.5, 0.6) is 5.75 Å². The Morgan fingerprint density at radius 2 is 1.76 bits per heavy atom. The van der Waals surface area contributed by atoms with Crippen LogP contribution in [-0.4, -0.2) is 13.7 Å². The van der Waals surface area contributed by atoms with Gasteiger partial charge in [-0.25, -0.2) is 0 Å². The van der Waals surface area contributed by atoms with Crippen LogP contribution in [0.15, 0.2) is 42.5 Å².